The van der Waals surface area contributed by atoms with E-state index < -0.39 is 15.9 Å². The van der Waals surface area contributed by atoms with Crippen molar-refractivity contribution in [3.8, 4) is 0 Å². The first kappa shape index (κ1) is 20.1. The van der Waals surface area contributed by atoms with E-state index in [-0.39, 0.29) is 11.7 Å². The first-order valence-corrected chi connectivity index (χ1v) is 11.9. The van der Waals surface area contributed by atoms with E-state index in [1.807, 2.05) is 24.3 Å². The van der Waals surface area contributed by atoms with Gasteiger partial charge in [-0.15, -0.1) is 0 Å². The first-order valence-electron chi connectivity index (χ1n) is 10.2. The molecular weight excluding hydrogens is 358 g/mol. The van der Waals surface area contributed by atoms with E-state index in [0.717, 1.165) is 12.1 Å². The number of benzene rings is 1. The number of anilines is 1. The van der Waals surface area contributed by atoms with E-state index in [1.165, 1.54) is 43.1 Å². The summed E-state index contributed by atoms with van der Waals surface area (Å²) in [4.78, 5) is 14.8. The van der Waals surface area contributed by atoms with E-state index in [9.17, 15) is 13.2 Å². The second kappa shape index (κ2) is 8.59. The summed E-state index contributed by atoms with van der Waals surface area (Å²) in [6.45, 7) is 4.27. The molecule has 148 valence electrons. The zero-order chi connectivity index (χ0) is 19.4. The van der Waals surface area contributed by atoms with E-state index in [0.29, 0.717) is 18.3 Å². The lowest BCUT2D eigenvalue weighted by atomic mass is 9.86. The van der Waals surface area contributed by atoms with Gasteiger partial charge in [0.25, 0.3) is 0 Å². The Morgan fingerprint density at radius 2 is 1.78 bits per heavy atom. The molecule has 1 saturated carbocycles. The summed E-state index contributed by atoms with van der Waals surface area (Å²) in [5, 5.41) is 1.25. The van der Waals surface area contributed by atoms with Gasteiger partial charge in [-0.05, 0) is 42.0 Å². The minimum absolute atomic E-state index is 0.0197. The molecule has 0 saturated heterocycles. The Kier molecular flexibility index (Phi) is 6.40. The number of nitrogens with zero attached hydrogens (tertiary/aromatic N) is 1. The van der Waals surface area contributed by atoms with Crippen molar-refractivity contribution in [2.45, 2.75) is 70.8 Å². The molecule has 1 aliphatic heterocycles. The molecule has 0 unspecified atom stereocenters. The summed E-state index contributed by atoms with van der Waals surface area (Å²) >= 11 is 0. The first-order chi connectivity index (χ1) is 12.9. The summed E-state index contributed by atoms with van der Waals surface area (Å²) in [6.07, 6.45) is 9.32. The van der Waals surface area contributed by atoms with Crippen molar-refractivity contribution in [3.05, 3.63) is 41.3 Å². The monoisotopic (exact) mass is 389 g/mol. The van der Waals surface area contributed by atoms with Crippen LogP contribution in [-0.4, -0.2) is 26.1 Å². The molecule has 5 heteroatoms. The third kappa shape index (κ3) is 5.22. The van der Waals surface area contributed by atoms with Gasteiger partial charge in [-0.3, -0.25) is 4.79 Å². The van der Waals surface area contributed by atoms with Gasteiger partial charge in [0.2, 0.25) is 5.91 Å². The van der Waals surface area contributed by atoms with Crippen LogP contribution < -0.4 is 4.90 Å². The van der Waals surface area contributed by atoms with Crippen LogP contribution >= 0.6 is 0 Å². The Morgan fingerprint density at radius 1 is 1.11 bits per heavy atom. The third-order valence-electron chi connectivity index (χ3n) is 5.84. The quantitative estimate of drug-likeness (QED) is 0.701. The molecule has 0 spiro atoms. The van der Waals surface area contributed by atoms with Crippen LogP contribution in [0.15, 0.2) is 35.7 Å². The number of carbonyl (C=O) groups excluding carboxylic acids is 1. The molecule has 0 aromatic heterocycles. The molecule has 1 heterocycles. The normalized spacial score (nSPS) is 22.3. The highest BCUT2D eigenvalue weighted by molar-refractivity contribution is 7.94. The van der Waals surface area contributed by atoms with E-state index in [1.54, 1.807) is 11.0 Å². The fourth-order valence-corrected chi connectivity index (χ4v) is 5.45. The zero-order valence-electron chi connectivity index (χ0n) is 16.4. The van der Waals surface area contributed by atoms with Gasteiger partial charge in [0.15, 0.2) is 9.84 Å². The second-order valence-corrected chi connectivity index (χ2v) is 10.2. The highest BCUT2D eigenvalue weighted by Crippen LogP contribution is 2.30. The molecule has 1 amide bonds. The maximum absolute atomic E-state index is 13.1. The van der Waals surface area contributed by atoms with Crippen molar-refractivity contribution in [1.29, 1.82) is 0 Å². The fraction of sp³-hybridized carbons (Fsp3) is 0.591. The summed E-state index contributed by atoms with van der Waals surface area (Å²) in [6, 6.07) is 7.57. The standard InChI is InChI=1S/C22H31NO3S/c1-17(2)19-9-11-20(12-10-19)23(21-14-15-27(25,26)16-21)22(24)13-8-18-6-4-3-5-7-18/h9-12,14-15,17-18,21H,3-8,13,16H2,1-2H3/t21-/m0/s1. The predicted octanol–water partition coefficient (Wildman–Crippen LogP) is 4.81. The predicted molar refractivity (Wildman–Crippen MR) is 111 cm³/mol. The van der Waals surface area contributed by atoms with Crippen molar-refractivity contribution in [1.82, 2.24) is 0 Å². The maximum atomic E-state index is 13.1. The molecule has 3 rings (SSSR count). The fourth-order valence-electron chi connectivity index (χ4n) is 4.18. The maximum Gasteiger partial charge on any atom is 0.227 e. The molecule has 1 aliphatic carbocycles. The van der Waals surface area contributed by atoms with Gasteiger partial charge in [-0.2, -0.15) is 0 Å². The number of sulfone groups is 1. The van der Waals surface area contributed by atoms with Crippen LogP contribution in [0.2, 0.25) is 0 Å². The number of hydrogen-bond donors (Lipinski definition) is 0. The minimum atomic E-state index is -3.21. The average Bonchev–Trinajstić information content (AvgIpc) is 3.01. The van der Waals surface area contributed by atoms with Crippen molar-refractivity contribution in [2.75, 3.05) is 10.7 Å². The largest absolute Gasteiger partial charge is 0.304 e. The smallest absolute Gasteiger partial charge is 0.227 e. The lowest BCUT2D eigenvalue weighted by Gasteiger charge is -2.29. The molecule has 2 aliphatic rings. The van der Waals surface area contributed by atoms with Crippen molar-refractivity contribution >= 4 is 21.4 Å². The highest BCUT2D eigenvalue weighted by atomic mass is 32.2. The number of amides is 1. The highest BCUT2D eigenvalue weighted by Gasteiger charge is 2.31. The summed E-state index contributed by atoms with van der Waals surface area (Å²) in [5.41, 5.74) is 2.00. The lowest BCUT2D eigenvalue weighted by molar-refractivity contribution is -0.119. The topological polar surface area (TPSA) is 54.5 Å². The molecule has 27 heavy (non-hydrogen) atoms. The lowest BCUT2D eigenvalue weighted by Crippen LogP contribution is -2.41. The van der Waals surface area contributed by atoms with E-state index >= 15 is 0 Å². The van der Waals surface area contributed by atoms with Crippen LogP contribution in [0.25, 0.3) is 0 Å². The Balaban J connectivity index is 1.76. The SMILES string of the molecule is CC(C)c1ccc(N(C(=O)CCC2CCCCC2)[C@H]2C=CS(=O)(=O)C2)cc1. The second-order valence-electron chi connectivity index (χ2n) is 8.28. The number of carbonyl (C=O) groups is 1. The Morgan fingerprint density at radius 3 is 2.33 bits per heavy atom. The van der Waals surface area contributed by atoms with Gasteiger partial charge in [0.1, 0.15) is 0 Å². The number of rotatable bonds is 6. The van der Waals surface area contributed by atoms with Crippen LogP contribution in [0, 0.1) is 5.92 Å². The van der Waals surface area contributed by atoms with Gasteiger partial charge in [-0.1, -0.05) is 58.1 Å². The van der Waals surface area contributed by atoms with Gasteiger partial charge in [0, 0.05) is 17.5 Å². The molecule has 4 nitrogen and oxygen atoms in total. The van der Waals surface area contributed by atoms with Crippen LogP contribution in [0.3, 0.4) is 0 Å². The van der Waals surface area contributed by atoms with E-state index in [2.05, 4.69) is 13.8 Å². The Hall–Kier alpha value is -1.62. The number of hydrogen-bond acceptors (Lipinski definition) is 3. The van der Waals surface area contributed by atoms with Gasteiger partial charge < -0.3 is 4.90 Å². The van der Waals surface area contributed by atoms with Gasteiger partial charge >= 0.3 is 0 Å². The molecule has 1 aromatic rings. The van der Waals surface area contributed by atoms with Crippen LogP contribution in [0.1, 0.15) is 70.3 Å². The third-order valence-corrected chi connectivity index (χ3v) is 7.22. The van der Waals surface area contributed by atoms with Gasteiger partial charge in [-0.25, -0.2) is 8.42 Å². The summed E-state index contributed by atoms with van der Waals surface area (Å²) in [7, 11) is -3.21. The zero-order valence-corrected chi connectivity index (χ0v) is 17.2. The van der Waals surface area contributed by atoms with Crippen molar-refractivity contribution in [2.24, 2.45) is 5.92 Å². The van der Waals surface area contributed by atoms with Crippen LogP contribution in [0.4, 0.5) is 5.69 Å². The molecule has 0 radical (unpaired) electrons. The molecule has 1 fully saturated rings. The average molecular weight is 390 g/mol. The van der Waals surface area contributed by atoms with Gasteiger partial charge in [0.05, 0.1) is 11.8 Å². The van der Waals surface area contributed by atoms with Crippen LogP contribution in [0.5, 0.6) is 0 Å². The van der Waals surface area contributed by atoms with Crippen LogP contribution in [-0.2, 0) is 14.6 Å². The van der Waals surface area contributed by atoms with Crippen molar-refractivity contribution < 1.29 is 13.2 Å². The Labute approximate surface area is 163 Å². The summed E-state index contributed by atoms with van der Waals surface area (Å²) in [5.74, 6) is 1.07. The molecule has 0 N–H and O–H groups in total. The molecule has 1 atom stereocenters. The summed E-state index contributed by atoms with van der Waals surface area (Å²) < 4.78 is 23.8. The molecule has 1 aromatic carbocycles. The van der Waals surface area contributed by atoms with Crippen molar-refractivity contribution in [3.63, 3.8) is 0 Å². The Bertz CT molecular complexity index is 774. The molecule has 0 bridgehead atoms. The molecular formula is C22H31NO3S. The minimum Gasteiger partial charge on any atom is -0.304 e. The van der Waals surface area contributed by atoms with E-state index in [4.69, 9.17) is 0 Å².